The molecule has 2 N–H and O–H groups in total. The zero-order chi connectivity index (χ0) is 13.2. The molecule has 0 aliphatic carbocycles. The van der Waals surface area contributed by atoms with Crippen molar-refractivity contribution in [1.29, 1.82) is 0 Å². The van der Waals surface area contributed by atoms with Crippen LogP contribution in [0.5, 0.6) is 0 Å². The normalized spacial score (nSPS) is 10.6. The lowest BCUT2D eigenvalue weighted by Gasteiger charge is -2.02. The maximum atomic E-state index is 13.2. The third-order valence-electron chi connectivity index (χ3n) is 2.54. The summed E-state index contributed by atoms with van der Waals surface area (Å²) in [6.45, 7) is 0. The van der Waals surface area contributed by atoms with E-state index in [1.54, 1.807) is 18.2 Å². The van der Waals surface area contributed by atoms with Crippen LogP contribution < -0.4 is 5.73 Å². The molecule has 0 bridgehead atoms. The van der Waals surface area contributed by atoms with Crippen molar-refractivity contribution in [3.05, 3.63) is 48.3 Å². The summed E-state index contributed by atoms with van der Waals surface area (Å²) in [5.74, 6) is 0.196. The van der Waals surface area contributed by atoms with Gasteiger partial charge in [-0.05, 0) is 24.3 Å². The van der Waals surface area contributed by atoms with Gasteiger partial charge in [0.05, 0.1) is 5.69 Å². The van der Waals surface area contributed by atoms with E-state index >= 15 is 0 Å². The van der Waals surface area contributed by atoms with E-state index in [1.807, 2.05) is 12.1 Å². The number of pyridine rings is 1. The van der Waals surface area contributed by atoms with E-state index in [1.165, 1.54) is 12.1 Å². The molecule has 3 aromatic rings. The number of benzene rings is 1. The lowest BCUT2D eigenvalue weighted by atomic mass is 10.1. The van der Waals surface area contributed by atoms with Gasteiger partial charge in [-0.15, -0.1) is 0 Å². The van der Waals surface area contributed by atoms with Crippen LogP contribution in [0.1, 0.15) is 0 Å². The van der Waals surface area contributed by atoms with Gasteiger partial charge in [-0.1, -0.05) is 18.2 Å². The first-order valence-electron chi connectivity index (χ1n) is 5.55. The molecule has 94 valence electrons. The zero-order valence-corrected chi connectivity index (χ0v) is 10.6. The van der Waals surface area contributed by atoms with Crippen LogP contribution in [-0.4, -0.2) is 14.3 Å². The topological polar surface area (TPSA) is 64.7 Å². The third-order valence-corrected chi connectivity index (χ3v) is 3.08. The van der Waals surface area contributed by atoms with Crippen molar-refractivity contribution in [2.45, 2.75) is 0 Å². The average molecular weight is 272 g/mol. The zero-order valence-electron chi connectivity index (χ0n) is 9.75. The highest BCUT2D eigenvalue weighted by Gasteiger charge is 2.08. The van der Waals surface area contributed by atoms with Crippen molar-refractivity contribution in [1.82, 2.24) is 14.3 Å². The summed E-state index contributed by atoms with van der Waals surface area (Å²) in [6.07, 6.45) is 0. The van der Waals surface area contributed by atoms with Crippen LogP contribution in [0.4, 0.5) is 9.52 Å². The lowest BCUT2D eigenvalue weighted by Crippen LogP contribution is -1.90. The molecule has 1 aromatic carbocycles. The molecule has 0 unspecified atom stereocenters. The lowest BCUT2D eigenvalue weighted by molar-refractivity contribution is 0.628. The molecule has 6 heteroatoms. The number of halogens is 1. The van der Waals surface area contributed by atoms with E-state index in [4.69, 9.17) is 5.73 Å². The van der Waals surface area contributed by atoms with Gasteiger partial charge in [-0.25, -0.2) is 9.37 Å². The minimum Gasteiger partial charge on any atom is -0.374 e. The monoisotopic (exact) mass is 272 g/mol. The number of rotatable bonds is 2. The molecule has 0 fully saturated rings. The Hall–Kier alpha value is -2.34. The molecule has 0 spiro atoms. The fraction of sp³-hybridized carbons (Fsp3) is 0. The van der Waals surface area contributed by atoms with Gasteiger partial charge >= 0.3 is 0 Å². The van der Waals surface area contributed by atoms with E-state index in [0.29, 0.717) is 27.9 Å². The molecular weight excluding hydrogens is 263 g/mol. The molecule has 0 saturated carbocycles. The van der Waals surface area contributed by atoms with Crippen LogP contribution in [0.2, 0.25) is 0 Å². The standard InChI is InChI=1S/C13H9FN4S/c14-9-4-1-3-8(7-9)10-5-2-6-11(16-10)12-17-13(15)19-18-12/h1-7H,(H2,15,17,18). The van der Waals surface area contributed by atoms with Crippen LogP contribution in [0.15, 0.2) is 42.5 Å². The highest BCUT2D eigenvalue weighted by atomic mass is 32.1. The van der Waals surface area contributed by atoms with E-state index in [0.717, 1.165) is 11.5 Å². The average Bonchev–Trinajstić information content (AvgIpc) is 2.86. The van der Waals surface area contributed by atoms with Crippen molar-refractivity contribution >= 4 is 16.7 Å². The van der Waals surface area contributed by atoms with Crippen molar-refractivity contribution < 1.29 is 4.39 Å². The Morgan fingerprint density at radius 3 is 2.53 bits per heavy atom. The number of hydrogen-bond donors (Lipinski definition) is 1. The summed E-state index contributed by atoms with van der Waals surface area (Å²) >= 11 is 1.12. The Bertz CT molecular complexity index is 726. The minimum atomic E-state index is -0.291. The van der Waals surface area contributed by atoms with Crippen LogP contribution in [-0.2, 0) is 0 Å². The summed E-state index contributed by atoms with van der Waals surface area (Å²) in [5, 5.41) is 0.396. The summed E-state index contributed by atoms with van der Waals surface area (Å²) in [7, 11) is 0. The second-order valence-corrected chi connectivity index (χ2v) is 4.66. The van der Waals surface area contributed by atoms with Crippen LogP contribution >= 0.6 is 11.5 Å². The Kier molecular flexibility index (Phi) is 2.92. The van der Waals surface area contributed by atoms with Gasteiger partial charge in [0.1, 0.15) is 11.5 Å². The van der Waals surface area contributed by atoms with Gasteiger partial charge in [0.2, 0.25) is 0 Å². The summed E-state index contributed by atoms with van der Waals surface area (Å²) in [4.78, 5) is 8.51. The quantitative estimate of drug-likeness (QED) is 0.779. The van der Waals surface area contributed by atoms with Crippen LogP contribution in [0.25, 0.3) is 22.8 Å². The highest BCUT2D eigenvalue weighted by molar-refractivity contribution is 7.09. The van der Waals surface area contributed by atoms with Gasteiger partial charge in [0.25, 0.3) is 0 Å². The largest absolute Gasteiger partial charge is 0.374 e. The van der Waals surface area contributed by atoms with E-state index in [-0.39, 0.29) is 5.82 Å². The number of anilines is 1. The van der Waals surface area contributed by atoms with Crippen molar-refractivity contribution in [3.8, 4) is 22.8 Å². The van der Waals surface area contributed by atoms with Gasteiger partial charge in [-0.2, -0.15) is 9.36 Å². The maximum Gasteiger partial charge on any atom is 0.200 e. The molecule has 0 aliphatic rings. The highest BCUT2D eigenvalue weighted by Crippen LogP contribution is 2.22. The molecule has 0 radical (unpaired) electrons. The number of nitrogens with two attached hydrogens (primary N) is 1. The fourth-order valence-corrected chi connectivity index (χ4v) is 2.15. The molecular formula is C13H9FN4S. The first kappa shape index (κ1) is 11.7. The molecule has 0 amide bonds. The number of nitrogen functional groups attached to an aromatic ring is 1. The van der Waals surface area contributed by atoms with Crippen molar-refractivity contribution in [2.24, 2.45) is 0 Å². The predicted octanol–water partition coefficient (Wildman–Crippen LogP) is 2.99. The smallest absolute Gasteiger partial charge is 0.200 e. The first-order valence-corrected chi connectivity index (χ1v) is 6.32. The van der Waals surface area contributed by atoms with Gasteiger partial charge in [0.15, 0.2) is 11.0 Å². The Morgan fingerprint density at radius 1 is 1.00 bits per heavy atom. The van der Waals surface area contributed by atoms with E-state index < -0.39 is 0 Å². The molecule has 2 heterocycles. The van der Waals surface area contributed by atoms with Gasteiger partial charge in [-0.3, -0.25) is 0 Å². The molecule has 0 saturated heterocycles. The number of nitrogens with zero attached hydrogens (tertiary/aromatic N) is 3. The third kappa shape index (κ3) is 2.43. The number of hydrogen-bond acceptors (Lipinski definition) is 5. The predicted molar refractivity (Wildman–Crippen MR) is 72.9 cm³/mol. The second-order valence-electron chi connectivity index (χ2n) is 3.87. The molecule has 3 rings (SSSR count). The minimum absolute atomic E-state index is 0.291. The molecule has 19 heavy (non-hydrogen) atoms. The van der Waals surface area contributed by atoms with E-state index in [2.05, 4.69) is 14.3 Å². The van der Waals surface area contributed by atoms with Crippen molar-refractivity contribution in [2.75, 3.05) is 5.73 Å². The number of aromatic nitrogens is 3. The van der Waals surface area contributed by atoms with Crippen LogP contribution in [0.3, 0.4) is 0 Å². The maximum absolute atomic E-state index is 13.2. The molecule has 0 aliphatic heterocycles. The van der Waals surface area contributed by atoms with Gasteiger partial charge in [0, 0.05) is 17.1 Å². The fourth-order valence-electron chi connectivity index (χ4n) is 1.71. The Balaban J connectivity index is 2.05. The summed E-state index contributed by atoms with van der Waals surface area (Å²) < 4.78 is 17.3. The SMILES string of the molecule is Nc1nc(-c2cccc(-c3cccc(F)c3)n2)ns1. The Labute approximate surface area is 112 Å². The van der Waals surface area contributed by atoms with Gasteiger partial charge < -0.3 is 5.73 Å². The summed E-state index contributed by atoms with van der Waals surface area (Å²) in [6, 6.07) is 11.7. The van der Waals surface area contributed by atoms with Crippen LogP contribution in [0, 0.1) is 5.82 Å². The Morgan fingerprint density at radius 2 is 1.79 bits per heavy atom. The molecule has 2 aromatic heterocycles. The first-order chi connectivity index (χ1) is 9.22. The molecule has 0 atom stereocenters. The van der Waals surface area contributed by atoms with Crippen molar-refractivity contribution in [3.63, 3.8) is 0 Å². The molecule has 4 nitrogen and oxygen atoms in total. The second kappa shape index (κ2) is 4.74. The van der Waals surface area contributed by atoms with E-state index in [9.17, 15) is 4.39 Å². The summed E-state index contributed by atoms with van der Waals surface area (Å²) in [5.41, 5.74) is 7.56.